The summed E-state index contributed by atoms with van der Waals surface area (Å²) in [7, 11) is 0. The van der Waals surface area contributed by atoms with Crippen molar-refractivity contribution in [1.29, 1.82) is 0 Å². The van der Waals surface area contributed by atoms with Crippen molar-refractivity contribution in [2.75, 3.05) is 19.7 Å². The van der Waals surface area contributed by atoms with E-state index in [4.69, 9.17) is 16.3 Å². The summed E-state index contributed by atoms with van der Waals surface area (Å²) in [6.45, 7) is 2.71. The molecule has 0 unspecified atom stereocenters. The smallest absolute Gasteiger partial charge is 0.266 e. The van der Waals surface area contributed by atoms with Crippen molar-refractivity contribution >= 4 is 11.6 Å². The van der Waals surface area contributed by atoms with Crippen LogP contribution in [0.4, 0.5) is 0 Å². The van der Waals surface area contributed by atoms with Gasteiger partial charge in [-0.3, -0.25) is 4.79 Å². The first-order valence-corrected chi connectivity index (χ1v) is 7.26. The zero-order valence-corrected chi connectivity index (χ0v) is 12.4. The van der Waals surface area contributed by atoms with Crippen molar-refractivity contribution in [3.05, 3.63) is 58.0 Å². The first kappa shape index (κ1) is 15.5. The Labute approximate surface area is 128 Å². The molecular formula is C15H18ClN3O2. The first-order chi connectivity index (χ1) is 10.3. The van der Waals surface area contributed by atoms with Crippen LogP contribution in [0.15, 0.2) is 47.3 Å². The third kappa shape index (κ3) is 5.57. The average molecular weight is 308 g/mol. The van der Waals surface area contributed by atoms with E-state index in [1.54, 1.807) is 0 Å². The molecule has 0 atom stereocenters. The Bertz CT molecular complexity index is 601. The van der Waals surface area contributed by atoms with Crippen molar-refractivity contribution < 1.29 is 4.74 Å². The van der Waals surface area contributed by atoms with Gasteiger partial charge in [0.1, 0.15) is 17.5 Å². The maximum absolute atomic E-state index is 11.5. The number of hydrogen-bond donors (Lipinski definition) is 1. The van der Waals surface area contributed by atoms with Crippen LogP contribution in [-0.2, 0) is 6.54 Å². The van der Waals surface area contributed by atoms with Crippen LogP contribution in [0, 0.1) is 0 Å². The average Bonchev–Trinajstić information content (AvgIpc) is 2.50. The number of aryl methyl sites for hydroxylation is 1. The number of aromatic nitrogens is 2. The molecule has 0 radical (unpaired) electrons. The quantitative estimate of drug-likeness (QED) is 0.757. The molecule has 1 heterocycles. The molecule has 1 N–H and O–H groups in total. The number of benzene rings is 1. The second kappa shape index (κ2) is 8.44. The highest BCUT2D eigenvalue weighted by molar-refractivity contribution is 6.29. The fourth-order valence-electron chi connectivity index (χ4n) is 1.82. The van der Waals surface area contributed by atoms with Gasteiger partial charge in [-0.05, 0) is 31.2 Å². The van der Waals surface area contributed by atoms with Gasteiger partial charge in [0.25, 0.3) is 5.56 Å². The van der Waals surface area contributed by atoms with Gasteiger partial charge in [-0.15, -0.1) is 0 Å². The van der Waals surface area contributed by atoms with Gasteiger partial charge in [0.05, 0.1) is 0 Å². The second-order valence-electron chi connectivity index (χ2n) is 4.48. The predicted octanol–water partition coefficient (Wildman–Crippen LogP) is 1.96. The molecule has 2 rings (SSSR count). The largest absolute Gasteiger partial charge is 0.492 e. The fraction of sp³-hybridized carbons (Fsp3) is 0.333. The predicted molar refractivity (Wildman–Crippen MR) is 82.9 cm³/mol. The molecule has 2 aromatic rings. The van der Waals surface area contributed by atoms with Gasteiger partial charge >= 0.3 is 0 Å². The normalized spacial score (nSPS) is 10.5. The molecule has 21 heavy (non-hydrogen) atoms. The van der Waals surface area contributed by atoms with E-state index in [2.05, 4.69) is 10.4 Å². The van der Waals surface area contributed by atoms with Gasteiger partial charge in [0.15, 0.2) is 0 Å². The number of hydrogen-bond acceptors (Lipinski definition) is 4. The van der Waals surface area contributed by atoms with E-state index in [1.165, 1.54) is 16.8 Å². The van der Waals surface area contributed by atoms with Gasteiger partial charge in [-0.2, -0.15) is 5.10 Å². The zero-order valence-electron chi connectivity index (χ0n) is 11.7. The minimum Gasteiger partial charge on any atom is -0.492 e. The van der Waals surface area contributed by atoms with Gasteiger partial charge in [0.2, 0.25) is 0 Å². The Hall–Kier alpha value is -1.85. The Morgan fingerprint density at radius 2 is 1.95 bits per heavy atom. The number of rotatable bonds is 8. The monoisotopic (exact) mass is 307 g/mol. The molecule has 0 aliphatic heterocycles. The molecule has 0 aliphatic carbocycles. The second-order valence-corrected chi connectivity index (χ2v) is 4.87. The Kier molecular flexibility index (Phi) is 6.24. The molecule has 0 saturated carbocycles. The number of halogens is 1. The van der Waals surface area contributed by atoms with E-state index in [9.17, 15) is 4.79 Å². The summed E-state index contributed by atoms with van der Waals surface area (Å²) >= 11 is 5.75. The van der Waals surface area contributed by atoms with Crippen molar-refractivity contribution in [3.8, 4) is 5.75 Å². The molecule has 6 heteroatoms. The summed E-state index contributed by atoms with van der Waals surface area (Å²) in [4.78, 5) is 11.5. The van der Waals surface area contributed by atoms with Crippen LogP contribution in [-0.4, -0.2) is 29.5 Å². The van der Waals surface area contributed by atoms with Crippen molar-refractivity contribution in [1.82, 2.24) is 15.1 Å². The molecule has 1 aromatic carbocycles. The molecule has 0 fully saturated rings. The van der Waals surface area contributed by atoms with E-state index in [-0.39, 0.29) is 5.56 Å². The first-order valence-electron chi connectivity index (χ1n) is 6.88. The molecule has 0 aliphatic rings. The van der Waals surface area contributed by atoms with Crippen molar-refractivity contribution in [2.45, 2.75) is 13.0 Å². The number of nitrogens with one attached hydrogen (secondary N) is 1. The Morgan fingerprint density at radius 3 is 2.76 bits per heavy atom. The van der Waals surface area contributed by atoms with Crippen LogP contribution < -0.4 is 15.6 Å². The minimum absolute atomic E-state index is 0.133. The molecule has 0 bridgehead atoms. The maximum atomic E-state index is 11.5. The van der Waals surface area contributed by atoms with Crippen LogP contribution in [0.25, 0.3) is 0 Å². The van der Waals surface area contributed by atoms with E-state index < -0.39 is 0 Å². The standard InChI is InChI=1S/C15H18ClN3O2/c16-14-7-8-15(20)19(18-14)11-4-9-17-10-12-21-13-5-2-1-3-6-13/h1-3,5-8,17H,4,9-12H2. The van der Waals surface area contributed by atoms with Crippen LogP contribution in [0.1, 0.15) is 6.42 Å². The third-order valence-corrected chi connectivity index (χ3v) is 3.05. The van der Waals surface area contributed by atoms with Crippen LogP contribution >= 0.6 is 11.6 Å². The van der Waals surface area contributed by atoms with Crippen LogP contribution in [0.3, 0.4) is 0 Å². The summed E-state index contributed by atoms with van der Waals surface area (Å²) in [6, 6.07) is 12.6. The number of nitrogens with zero attached hydrogens (tertiary/aromatic N) is 2. The highest BCUT2D eigenvalue weighted by Gasteiger charge is 1.98. The summed E-state index contributed by atoms with van der Waals surface area (Å²) in [5, 5.41) is 7.55. The van der Waals surface area contributed by atoms with Gasteiger partial charge in [0, 0.05) is 19.2 Å². The molecule has 0 spiro atoms. The lowest BCUT2D eigenvalue weighted by Gasteiger charge is -2.08. The molecule has 1 aromatic heterocycles. The molecule has 0 amide bonds. The molecular weight excluding hydrogens is 290 g/mol. The van der Waals surface area contributed by atoms with E-state index in [1.807, 2.05) is 30.3 Å². The maximum Gasteiger partial charge on any atom is 0.266 e. The topological polar surface area (TPSA) is 56.2 Å². The van der Waals surface area contributed by atoms with Crippen molar-refractivity contribution in [3.63, 3.8) is 0 Å². The molecule has 0 saturated heterocycles. The number of ether oxygens (including phenoxy) is 1. The van der Waals surface area contributed by atoms with Crippen LogP contribution in [0.5, 0.6) is 5.75 Å². The van der Waals surface area contributed by atoms with E-state index in [0.717, 1.165) is 25.3 Å². The van der Waals surface area contributed by atoms with Gasteiger partial charge < -0.3 is 10.1 Å². The summed E-state index contributed by atoms with van der Waals surface area (Å²) in [5.41, 5.74) is -0.133. The van der Waals surface area contributed by atoms with Crippen molar-refractivity contribution in [2.24, 2.45) is 0 Å². The fourth-order valence-corrected chi connectivity index (χ4v) is 1.98. The summed E-state index contributed by atoms with van der Waals surface area (Å²) in [5.74, 6) is 0.869. The highest BCUT2D eigenvalue weighted by atomic mass is 35.5. The minimum atomic E-state index is -0.133. The Balaban J connectivity index is 1.58. The molecule has 5 nitrogen and oxygen atoms in total. The van der Waals surface area contributed by atoms with Crippen LogP contribution in [0.2, 0.25) is 5.15 Å². The zero-order chi connectivity index (χ0) is 14.9. The lowest BCUT2D eigenvalue weighted by Crippen LogP contribution is -2.26. The summed E-state index contributed by atoms with van der Waals surface area (Å²) < 4.78 is 6.94. The number of para-hydroxylation sites is 1. The molecule has 112 valence electrons. The van der Waals surface area contributed by atoms with E-state index in [0.29, 0.717) is 18.3 Å². The third-order valence-electron chi connectivity index (χ3n) is 2.85. The highest BCUT2D eigenvalue weighted by Crippen LogP contribution is 2.07. The van der Waals surface area contributed by atoms with Gasteiger partial charge in [-0.1, -0.05) is 29.8 Å². The Morgan fingerprint density at radius 1 is 1.14 bits per heavy atom. The van der Waals surface area contributed by atoms with Gasteiger partial charge in [-0.25, -0.2) is 4.68 Å². The van der Waals surface area contributed by atoms with E-state index >= 15 is 0 Å². The summed E-state index contributed by atoms with van der Waals surface area (Å²) in [6.07, 6.45) is 0.804. The lowest BCUT2D eigenvalue weighted by atomic mass is 10.3. The lowest BCUT2D eigenvalue weighted by molar-refractivity contribution is 0.313. The SMILES string of the molecule is O=c1ccc(Cl)nn1CCCNCCOc1ccccc1.